The van der Waals surface area contributed by atoms with Crippen molar-refractivity contribution < 1.29 is 9.26 Å². The molecule has 6 heteroatoms. The summed E-state index contributed by atoms with van der Waals surface area (Å²) in [5.74, 6) is 1.18. The Morgan fingerprint density at radius 3 is 2.57 bits per heavy atom. The van der Waals surface area contributed by atoms with Gasteiger partial charge >= 0.3 is 0 Å². The molecule has 1 aliphatic heterocycles. The van der Waals surface area contributed by atoms with Gasteiger partial charge in [0, 0.05) is 38.8 Å². The first-order chi connectivity index (χ1) is 11.1. The van der Waals surface area contributed by atoms with Crippen molar-refractivity contribution in [2.45, 2.75) is 26.1 Å². The fourth-order valence-corrected chi connectivity index (χ4v) is 2.93. The molecule has 2 heterocycles. The van der Waals surface area contributed by atoms with E-state index in [0.29, 0.717) is 24.0 Å². The number of aromatic nitrogens is 2. The third kappa shape index (κ3) is 4.09. The number of anilines is 1. The van der Waals surface area contributed by atoms with E-state index in [2.05, 4.69) is 28.9 Å². The molecule has 0 saturated carbocycles. The lowest BCUT2D eigenvalue weighted by Gasteiger charge is -2.35. The number of ether oxygens (including phenoxy) is 1. The van der Waals surface area contributed by atoms with Crippen molar-refractivity contribution in [3.63, 3.8) is 0 Å². The highest BCUT2D eigenvalue weighted by molar-refractivity contribution is 5.53. The Labute approximate surface area is 137 Å². The van der Waals surface area contributed by atoms with E-state index in [1.54, 1.807) is 0 Å². The van der Waals surface area contributed by atoms with Gasteiger partial charge in [0.1, 0.15) is 0 Å². The van der Waals surface area contributed by atoms with Gasteiger partial charge in [-0.05, 0) is 31.1 Å². The molecule has 2 atom stereocenters. The van der Waals surface area contributed by atoms with E-state index in [1.165, 1.54) is 0 Å². The van der Waals surface area contributed by atoms with Gasteiger partial charge in [0.2, 0.25) is 0 Å². The molecule has 1 saturated heterocycles. The van der Waals surface area contributed by atoms with Gasteiger partial charge in [0.25, 0.3) is 11.8 Å². The molecule has 1 aromatic carbocycles. The Hall–Kier alpha value is -1.92. The summed E-state index contributed by atoms with van der Waals surface area (Å²) in [6, 6.07) is 9.83. The van der Waals surface area contributed by atoms with Crippen molar-refractivity contribution >= 4 is 5.95 Å². The SMILES string of the molecule is C[C@@H]1CN(CCN(C)c2noc(-c3ccccc3)n2)C[C@H](C)O1. The summed E-state index contributed by atoms with van der Waals surface area (Å²) >= 11 is 0. The summed E-state index contributed by atoms with van der Waals surface area (Å²) in [6.45, 7) is 8.01. The molecule has 0 radical (unpaired) electrons. The number of morpholine rings is 1. The summed E-state index contributed by atoms with van der Waals surface area (Å²) in [6.07, 6.45) is 0.581. The molecule has 124 valence electrons. The highest BCUT2D eigenvalue weighted by Gasteiger charge is 2.22. The third-order valence-corrected chi connectivity index (χ3v) is 4.02. The van der Waals surface area contributed by atoms with Crippen LogP contribution in [0.4, 0.5) is 5.95 Å². The van der Waals surface area contributed by atoms with Gasteiger partial charge < -0.3 is 14.2 Å². The molecular weight excluding hydrogens is 292 g/mol. The fraction of sp³-hybridized carbons (Fsp3) is 0.529. The second kappa shape index (κ2) is 7.10. The van der Waals surface area contributed by atoms with E-state index in [-0.39, 0.29) is 0 Å². The maximum atomic E-state index is 5.77. The average molecular weight is 316 g/mol. The Balaban J connectivity index is 1.56. The molecular formula is C17H24N4O2. The highest BCUT2D eigenvalue weighted by Crippen LogP contribution is 2.19. The Morgan fingerprint density at radius 2 is 1.87 bits per heavy atom. The lowest BCUT2D eigenvalue weighted by Crippen LogP contribution is -2.47. The van der Waals surface area contributed by atoms with E-state index in [4.69, 9.17) is 9.26 Å². The molecule has 6 nitrogen and oxygen atoms in total. The maximum absolute atomic E-state index is 5.77. The van der Waals surface area contributed by atoms with Crippen LogP contribution in [-0.4, -0.2) is 60.5 Å². The lowest BCUT2D eigenvalue weighted by molar-refractivity contribution is -0.0670. The topological polar surface area (TPSA) is 54.6 Å². The molecule has 2 aromatic rings. The molecule has 3 rings (SSSR count). The molecule has 0 bridgehead atoms. The molecule has 0 spiro atoms. The van der Waals surface area contributed by atoms with Crippen molar-refractivity contribution in [1.29, 1.82) is 0 Å². The van der Waals surface area contributed by atoms with Crippen molar-refractivity contribution in [2.24, 2.45) is 0 Å². The molecule has 1 aliphatic rings. The number of rotatable bonds is 5. The van der Waals surface area contributed by atoms with Gasteiger partial charge in [-0.2, -0.15) is 4.98 Å². The number of likely N-dealkylation sites (N-methyl/N-ethyl adjacent to an activating group) is 1. The van der Waals surface area contributed by atoms with Crippen LogP contribution in [0.15, 0.2) is 34.9 Å². The minimum atomic E-state index is 0.291. The van der Waals surface area contributed by atoms with Crippen LogP contribution < -0.4 is 4.90 Å². The highest BCUT2D eigenvalue weighted by atomic mass is 16.5. The summed E-state index contributed by atoms with van der Waals surface area (Å²) in [5, 5.41) is 4.08. The second-order valence-electron chi connectivity index (χ2n) is 6.20. The predicted molar refractivity (Wildman–Crippen MR) is 89.5 cm³/mol. The van der Waals surface area contributed by atoms with Crippen molar-refractivity contribution in [3.05, 3.63) is 30.3 Å². The molecule has 0 aliphatic carbocycles. The minimum absolute atomic E-state index is 0.291. The van der Waals surface area contributed by atoms with E-state index >= 15 is 0 Å². The van der Waals surface area contributed by atoms with E-state index in [0.717, 1.165) is 31.7 Å². The molecule has 23 heavy (non-hydrogen) atoms. The number of hydrogen-bond acceptors (Lipinski definition) is 6. The number of nitrogens with zero attached hydrogens (tertiary/aromatic N) is 4. The second-order valence-corrected chi connectivity index (χ2v) is 6.20. The average Bonchev–Trinajstić information content (AvgIpc) is 3.03. The summed E-state index contributed by atoms with van der Waals surface area (Å²) in [7, 11) is 1.99. The van der Waals surface area contributed by atoms with Crippen molar-refractivity contribution in [3.8, 4) is 11.5 Å². The van der Waals surface area contributed by atoms with Crippen LogP contribution in [0.2, 0.25) is 0 Å². The van der Waals surface area contributed by atoms with Crippen LogP contribution in [0.25, 0.3) is 11.5 Å². The third-order valence-electron chi connectivity index (χ3n) is 4.02. The Kier molecular flexibility index (Phi) is 4.93. The number of benzene rings is 1. The minimum Gasteiger partial charge on any atom is -0.373 e. The summed E-state index contributed by atoms with van der Waals surface area (Å²) in [5.41, 5.74) is 0.940. The van der Waals surface area contributed by atoms with Crippen molar-refractivity contribution in [2.75, 3.05) is 38.1 Å². The van der Waals surface area contributed by atoms with E-state index in [1.807, 2.05) is 42.3 Å². The normalized spacial score (nSPS) is 22.2. The Bertz CT molecular complexity index is 606. The van der Waals surface area contributed by atoms with Gasteiger partial charge in [-0.1, -0.05) is 18.2 Å². The maximum Gasteiger partial charge on any atom is 0.266 e. The summed E-state index contributed by atoms with van der Waals surface area (Å²) in [4.78, 5) is 8.93. The predicted octanol–water partition coefficient (Wildman–Crippen LogP) is 2.28. The first kappa shape index (κ1) is 16.0. The van der Waals surface area contributed by atoms with Gasteiger partial charge in [0.15, 0.2) is 0 Å². The van der Waals surface area contributed by atoms with Crippen LogP contribution in [0, 0.1) is 0 Å². The Morgan fingerprint density at radius 1 is 1.17 bits per heavy atom. The monoisotopic (exact) mass is 316 g/mol. The fourth-order valence-electron chi connectivity index (χ4n) is 2.93. The zero-order valence-corrected chi connectivity index (χ0v) is 14.0. The van der Waals surface area contributed by atoms with Crippen LogP contribution in [0.5, 0.6) is 0 Å². The van der Waals surface area contributed by atoms with Gasteiger partial charge in [-0.25, -0.2) is 0 Å². The quantitative estimate of drug-likeness (QED) is 0.843. The van der Waals surface area contributed by atoms with Crippen molar-refractivity contribution in [1.82, 2.24) is 15.0 Å². The molecule has 0 N–H and O–H groups in total. The standard InChI is InChI=1S/C17H24N4O2/c1-13-11-21(12-14(2)22-13)10-9-20(3)17-18-16(23-19-17)15-7-5-4-6-8-15/h4-8,13-14H,9-12H2,1-3H3/t13-,14+. The van der Waals surface area contributed by atoms with Crippen LogP contribution in [0.1, 0.15) is 13.8 Å². The van der Waals surface area contributed by atoms with Crippen LogP contribution in [-0.2, 0) is 4.74 Å². The zero-order valence-electron chi connectivity index (χ0n) is 14.0. The van der Waals surface area contributed by atoms with Gasteiger partial charge in [-0.15, -0.1) is 0 Å². The largest absolute Gasteiger partial charge is 0.373 e. The molecule has 0 amide bonds. The van der Waals surface area contributed by atoms with E-state index in [9.17, 15) is 0 Å². The molecule has 1 aromatic heterocycles. The first-order valence-electron chi connectivity index (χ1n) is 8.10. The van der Waals surface area contributed by atoms with Crippen LogP contribution >= 0.6 is 0 Å². The van der Waals surface area contributed by atoms with E-state index < -0.39 is 0 Å². The molecule has 0 unspecified atom stereocenters. The zero-order chi connectivity index (χ0) is 16.2. The van der Waals surface area contributed by atoms with Gasteiger partial charge in [0.05, 0.1) is 12.2 Å². The summed E-state index contributed by atoms with van der Waals surface area (Å²) < 4.78 is 11.1. The molecule has 1 fully saturated rings. The smallest absolute Gasteiger partial charge is 0.266 e. The first-order valence-corrected chi connectivity index (χ1v) is 8.10. The van der Waals surface area contributed by atoms with Gasteiger partial charge in [-0.3, -0.25) is 4.90 Å². The lowest BCUT2D eigenvalue weighted by atomic mass is 10.2. The van der Waals surface area contributed by atoms with Crippen LogP contribution in [0.3, 0.4) is 0 Å². The number of hydrogen-bond donors (Lipinski definition) is 0.